The number of carbonyl (C=O) groups excluding carboxylic acids is 1. The summed E-state index contributed by atoms with van der Waals surface area (Å²) >= 11 is 7.97. The summed E-state index contributed by atoms with van der Waals surface area (Å²) in [6.45, 7) is 4.50. The number of carbonyl (C=O) groups is 1. The van der Waals surface area contributed by atoms with Crippen molar-refractivity contribution >= 4 is 28.8 Å². The number of thiophene rings is 1. The Hall–Kier alpha value is -1.72. The normalized spacial score (nSPS) is 13.4. The first-order valence-corrected chi connectivity index (χ1v) is 9.31. The molecule has 0 radical (unpaired) electrons. The van der Waals surface area contributed by atoms with Crippen molar-refractivity contribution in [3.05, 3.63) is 45.1 Å². The van der Waals surface area contributed by atoms with Gasteiger partial charge in [-0.2, -0.15) is 0 Å². The van der Waals surface area contributed by atoms with Gasteiger partial charge in [0.15, 0.2) is 11.5 Å². The molecule has 3 rings (SSSR count). The largest absolute Gasteiger partial charge is 0.489 e. The third kappa shape index (κ3) is 4.02. The summed E-state index contributed by atoms with van der Waals surface area (Å²) in [5.74, 6) is 1.29. The number of hydrogen-bond donors (Lipinski definition) is 0. The number of ether oxygens (including phenoxy) is 2. The highest BCUT2D eigenvalue weighted by atomic mass is 35.5. The zero-order valence-corrected chi connectivity index (χ0v) is 15.2. The van der Waals surface area contributed by atoms with Gasteiger partial charge in [0, 0.05) is 17.8 Å². The Balaban J connectivity index is 1.73. The molecule has 0 unspecified atom stereocenters. The summed E-state index contributed by atoms with van der Waals surface area (Å²) in [6.07, 6.45) is 1.12. The minimum Gasteiger partial charge on any atom is -0.489 e. The van der Waals surface area contributed by atoms with E-state index in [1.54, 1.807) is 17.4 Å². The average molecular weight is 366 g/mol. The molecule has 24 heavy (non-hydrogen) atoms. The van der Waals surface area contributed by atoms with E-state index in [1.807, 2.05) is 35.4 Å². The molecule has 2 aromatic rings. The van der Waals surface area contributed by atoms with Crippen molar-refractivity contribution in [2.45, 2.75) is 26.3 Å². The number of amides is 1. The molecule has 0 bridgehead atoms. The second-order valence-corrected chi connectivity index (χ2v) is 7.06. The second kappa shape index (κ2) is 7.90. The third-order valence-electron chi connectivity index (χ3n) is 3.88. The first kappa shape index (κ1) is 17.1. The van der Waals surface area contributed by atoms with Gasteiger partial charge < -0.3 is 14.4 Å². The zero-order chi connectivity index (χ0) is 16.9. The molecule has 0 saturated heterocycles. The molecule has 0 aliphatic carbocycles. The first-order chi connectivity index (χ1) is 11.7. The second-order valence-electron chi connectivity index (χ2n) is 5.62. The maximum absolute atomic E-state index is 12.6. The lowest BCUT2D eigenvalue weighted by atomic mass is 10.1. The molecule has 2 heterocycles. The van der Waals surface area contributed by atoms with Crippen molar-refractivity contribution in [1.82, 2.24) is 4.90 Å². The van der Waals surface area contributed by atoms with E-state index in [2.05, 4.69) is 0 Å². The van der Waals surface area contributed by atoms with Gasteiger partial charge in [0.05, 0.1) is 31.2 Å². The molecule has 1 aliphatic heterocycles. The average Bonchev–Trinajstić information content (AvgIpc) is 2.96. The predicted molar refractivity (Wildman–Crippen MR) is 96.2 cm³/mol. The third-order valence-corrected chi connectivity index (χ3v) is 5.02. The van der Waals surface area contributed by atoms with Crippen LogP contribution in [0.3, 0.4) is 0 Å². The maximum atomic E-state index is 12.6. The minimum atomic E-state index is 0.0801. The SMILES string of the molecule is CCN(Cc1cccs1)C(=O)Cc1cc(Cl)c2c(c1)OCCCO2. The van der Waals surface area contributed by atoms with E-state index in [0.717, 1.165) is 12.0 Å². The zero-order valence-electron chi connectivity index (χ0n) is 13.6. The topological polar surface area (TPSA) is 38.8 Å². The van der Waals surface area contributed by atoms with Gasteiger partial charge in [0.1, 0.15) is 0 Å². The van der Waals surface area contributed by atoms with E-state index in [4.69, 9.17) is 21.1 Å². The van der Waals surface area contributed by atoms with Crippen LogP contribution in [0, 0.1) is 0 Å². The summed E-state index contributed by atoms with van der Waals surface area (Å²) in [7, 11) is 0. The number of rotatable bonds is 5. The fourth-order valence-electron chi connectivity index (χ4n) is 2.64. The molecule has 128 valence electrons. The van der Waals surface area contributed by atoms with Crippen LogP contribution in [-0.2, 0) is 17.8 Å². The smallest absolute Gasteiger partial charge is 0.227 e. The van der Waals surface area contributed by atoms with Crippen molar-refractivity contribution in [3.8, 4) is 11.5 Å². The van der Waals surface area contributed by atoms with Crippen LogP contribution in [0.25, 0.3) is 0 Å². The van der Waals surface area contributed by atoms with Gasteiger partial charge in [0.25, 0.3) is 0 Å². The lowest BCUT2D eigenvalue weighted by Crippen LogP contribution is -2.31. The van der Waals surface area contributed by atoms with Gasteiger partial charge in [-0.3, -0.25) is 4.79 Å². The fourth-order valence-corrected chi connectivity index (χ4v) is 3.65. The maximum Gasteiger partial charge on any atom is 0.227 e. The highest BCUT2D eigenvalue weighted by molar-refractivity contribution is 7.09. The van der Waals surface area contributed by atoms with Crippen molar-refractivity contribution in [2.24, 2.45) is 0 Å². The molecule has 6 heteroatoms. The van der Waals surface area contributed by atoms with Crippen LogP contribution in [0.5, 0.6) is 11.5 Å². The Kier molecular flexibility index (Phi) is 5.63. The molecule has 1 aromatic heterocycles. The lowest BCUT2D eigenvalue weighted by molar-refractivity contribution is -0.130. The highest BCUT2D eigenvalue weighted by Gasteiger charge is 2.19. The Bertz CT molecular complexity index is 703. The number of fused-ring (bicyclic) bond motifs is 1. The van der Waals surface area contributed by atoms with Crippen LogP contribution in [0.15, 0.2) is 29.6 Å². The molecule has 1 aliphatic rings. The number of benzene rings is 1. The van der Waals surface area contributed by atoms with Crippen LogP contribution in [0.2, 0.25) is 5.02 Å². The molecule has 1 amide bonds. The molecule has 0 N–H and O–H groups in total. The highest BCUT2D eigenvalue weighted by Crippen LogP contribution is 2.38. The number of halogens is 1. The molecule has 0 spiro atoms. The molecular weight excluding hydrogens is 346 g/mol. The van der Waals surface area contributed by atoms with Gasteiger partial charge in [-0.05, 0) is 36.1 Å². The number of hydrogen-bond acceptors (Lipinski definition) is 4. The molecule has 0 fully saturated rings. The van der Waals surface area contributed by atoms with Gasteiger partial charge in [0.2, 0.25) is 5.91 Å². The summed E-state index contributed by atoms with van der Waals surface area (Å²) in [5, 5.41) is 2.52. The van der Waals surface area contributed by atoms with E-state index in [0.29, 0.717) is 49.2 Å². The molecule has 4 nitrogen and oxygen atoms in total. The Morgan fingerprint density at radius 1 is 1.33 bits per heavy atom. The summed E-state index contributed by atoms with van der Waals surface area (Å²) in [5.41, 5.74) is 0.846. The molecular formula is C18H20ClNO3S. The van der Waals surface area contributed by atoms with Crippen LogP contribution in [-0.4, -0.2) is 30.6 Å². The quantitative estimate of drug-likeness (QED) is 0.798. The minimum absolute atomic E-state index is 0.0801. The van der Waals surface area contributed by atoms with Gasteiger partial charge in [-0.15, -0.1) is 11.3 Å². The lowest BCUT2D eigenvalue weighted by Gasteiger charge is -2.20. The summed E-state index contributed by atoms with van der Waals surface area (Å²) < 4.78 is 11.3. The van der Waals surface area contributed by atoms with E-state index < -0.39 is 0 Å². The summed E-state index contributed by atoms with van der Waals surface area (Å²) in [4.78, 5) is 15.7. The van der Waals surface area contributed by atoms with Crippen molar-refractivity contribution in [3.63, 3.8) is 0 Å². The standard InChI is InChI=1S/C18H20ClNO3S/c1-2-20(12-14-5-3-8-24-14)17(21)11-13-9-15(19)18-16(10-13)22-6-4-7-23-18/h3,5,8-10H,2,4,6-7,11-12H2,1H3. The van der Waals surface area contributed by atoms with Gasteiger partial charge in [-0.25, -0.2) is 0 Å². The van der Waals surface area contributed by atoms with E-state index in [-0.39, 0.29) is 5.91 Å². The van der Waals surface area contributed by atoms with Crippen molar-refractivity contribution < 1.29 is 14.3 Å². The Morgan fingerprint density at radius 2 is 2.17 bits per heavy atom. The van der Waals surface area contributed by atoms with Crippen LogP contribution < -0.4 is 9.47 Å². The fraction of sp³-hybridized carbons (Fsp3) is 0.389. The number of likely N-dealkylation sites (N-methyl/N-ethyl adjacent to an activating group) is 1. The summed E-state index contributed by atoms with van der Waals surface area (Å²) in [6, 6.07) is 7.71. The molecule has 0 saturated carbocycles. The van der Waals surface area contributed by atoms with Crippen molar-refractivity contribution in [2.75, 3.05) is 19.8 Å². The van der Waals surface area contributed by atoms with Crippen LogP contribution >= 0.6 is 22.9 Å². The van der Waals surface area contributed by atoms with Crippen LogP contribution in [0.1, 0.15) is 23.8 Å². The molecule has 0 atom stereocenters. The van der Waals surface area contributed by atoms with Gasteiger partial charge in [-0.1, -0.05) is 17.7 Å². The Morgan fingerprint density at radius 3 is 2.92 bits per heavy atom. The first-order valence-electron chi connectivity index (χ1n) is 8.05. The number of nitrogens with zero attached hydrogens (tertiary/aromatic N) is 1. The van der Waals surface area contributed by atoms with Gasteiger partial charge >= 0.3 is 0 Å². The monoisotopic (exact) mass is 365 g/mol. The Labute approximate surface area is 150 Å². The van der Waals surface area contributed by atoms with E-state index >= 15 is 0 Å². The van der Waals surface area contributed by atoms with Crippen molar-refractivity contribution in [1.29, 1.82) is 0 Å². The van der Waals surface area contributed by atoms with Crippen LogP contribution in [0.4, 0.5) is 0 Å². The predicted octanol–water partition coefficient (Wildman–Crippen LogP) is 4.15. The van der Waals surface area contributed by atoms with E-state index in [9.17, 15) is 4.79 Å². The van der Waals surface area contributed by atoms with E-state index in [1.165, 1.54) is 4.88 Å². The molecule has 1 aromatic carbocycles.